The topological polar surface area (TPSA) is 62.3 Å². The van der Waals surface area contributed by atoms with Gasteiger partial charge in [-0.25, -0.2) is 8.42 Å². The van der Waals surface area contributed by atoms with Crippen LogP contribution < -0.4 is 5.32 Å². The second-order valence-corrected chi connectivity index (χ2v) is 8.61. The summed E-state index contributed by atoms with van der Waals surface area (Å²) in [5.74, 6) is 0.602. The van der Waals surface area contributed by atoms with E-state index in [0.29, 0.717) is 24.6 Å². The zero-order valence-electron chi connectivity index (χ0n) is 14.2. The summed E-state index contributed by atoms with van der Waals surface area (Å²) in [6.07, 6.45) is 1.92. The number of hydrogen-bond acceptors (Lipinski definition) is 5. The van der Waals surface area contributed by atoms with Gasteiger partial charge in [-0.2, -0.15) is 0 Å². The van der Waals surface area contributed by atoms with Crippen LogP contribution in [0.25, 0.3) is 10.9 Å². The highest BCUT2D eigenvalue weighted by Crippen LogP contribution is 2.23. The summed E-state index contributed by atoms with van der Waals surface area (Å²) in [6.45, 7) is 5.26. The molecule has 6 heteroatoms. The van der Waals surface area contributed by atoms with Gasteiger partial charge in [-0.15, -0.1) is 0 Å². The van der Waals surface area contributed by atoms with Crippen molar-refractivity contribution in [2.24, 2.45) is 0 Å². The molecular weight excluding hydrogens is 322 g/mol. The number of pyridine rings is 1. The van der Waals surface area contributed by atoms with Crippen molar-refractivity contribution in [3.63, 3.8) is 0 Å². The van der Waals surface area contributed by atoms with Crippen molar-refractivity contribution in [1.29, 1.82) is 0 Å². The Balaban J connectivity index is 1.56. The molecule has 0 bridgehead atoms. The van der Waals surface area contributed by atoms with Gasteiger partial charge in [0.1, 0.15) is 0 Å². The molecule has 1 fully saturated rings. The van der Waals surface area contributed by atoms with E-state index in [1.807, 2.05) is 18.2 Å². The van der Waals surface area contributed by atoms with E-state index in [-0.39, 0.29) is 0 Å². The molecule has 2 heterocycles. The van der Waals surface area contributed by atoms with Crippen molar-refractivity contribution in [2.45, 2.75) is 19.8 Å². The Labute approximate surface area is 144 Å². The second kappa shape index (κ2) is 7.49. The zero-order valence-corrected chi connectivity index (χ0v) is 15.0. The van der Waals surface area contributed by atoms with E-state index in [4.69, 9.17) is 0 Å². The lowest BCUT2D eigenvalue weighted by Gasteiger charge is -2.26. The monoisotopic (exact) mass is 347 g/mol. The van der Waals surface area contributed by atoms with Crippen LogP contribution in [-0.4, -0.2) is 56.0 Å². The van der Waals surface area contributed by atoms with Crippen molar-refractivity contribution in [1.82, 2.24) is 9.88 Å². The lowest BCUT2D eigenvalue weighted by molar-refractivity contribution is 0.295. The fraction of sp³-hybridized carbons (Fsp3) is 0.500. The van der Waals surface area contributed by atoms with Gasteiger partial charge in [0, 0.05) is 36.4 Å². The molecule has 0 spiro atoms. The predicted octanol–water partition coefficient (Wildman–Crippen LogP) is 2.33. The minimum atomic E-state index is -2.79. The number of aromatic nitrogens is 1. The number of fused-ring (bicyclic) bond motifs is 1. The van der Waals surface area contributed by atoms with E-state index >= 15 is 0 Å². The smallest absolute Gasteiger partial charge is 0.152 e. The first-order valence-electron chi connectivity index (χ1n) is 8.63. The van der Waals surface area contributed by atoms with Crippen molar-refractivity contribution in [2.75, 3.05) is 43.0 Å². The van der Waals surface area contributed by atoms with Crippen molar-refractivity contribution < 1.29 is 8.42 Å². The summed E-state index contributed by atoms with van der Waals surface area (Å²) < 4.78 is 22.9. The van der Waals surface area contributed by atoms with Crippen LogP contribution in [0.2, 0.25) is 0 Å². The van der Waals surface area contributed by atoms with E-state index in [2.05, 4.69) is 34.3 Å². The van der Waals surface area contributed by atoms with Gasteiger partial charge in [-0.1, -0.05) is 25.1 Å². The van der Waals surface area contributed by atoms with E-state index in [1.165, 1.54) is 0 Å². The number of nitrogens with zero attached hydrogens (tertiary/aromatic N) is 2. The molecule has 0 aliphatic carbocycles. The van der Waals surface area contributed by atoms with Gasteiger partial charge < -0.3 is 10.2 Å². The minimum Gasteiger partial charge on any atom is -0.384 e. The number of anilines is 1. The molecule has 1 N–H and O–H groups in total. The van der Waals surface area contributed by atoms with E-state index in [9.17, 15) is 8.42 Å². The molecule has 2 aromatic rings. The van der Waals surface area contributed by atoms with E-state index < -0.39 is 9.84 Å². The molecule has 24 heavy (non-hydrogen) atoms. The molecule has 130 valence electrons. The van der Waals surface area contributed by atoms with Crippen molar-refractivity contribution >= 4 is 26.4 Å². The summed E-state index contributed by atoms with van der Waals surface area (Å²) in [5, 5.41) is 4.68. The fourth-order valence-electron chi connectivity index (χ4n) is 3.06. The summed E-state index contributed by atoms with van der Waals surface area (Å²) in [5.41, 5.74) is 3.26. The standard InChI is InChI=1S/C18H25N3O2S/c1-2-15-14-18(16-6-3-4-7-17(16)20-15)19-8-5-9-21-10-12-24(22,23)13-11-21/h3-4,6-7,14H,2,5,8-13H2,1H3,(H,19,20). The summed E-state index contributed by atoms with van der Waals surface area (Å²) in [6, 6.07) is 10.3. The maximum Gasteiger partial charge on any atom is 0.152 e. The van der Waals surface area contributed by atoms with Crippen molar-refractivity contribution in [3.05, 3.63) is 36.0 Å². The molecular formula is C18H25N3O2S. The molecule has 1 saturated heterocycles. The maximum atomic E-state index is 11.5. The molecule has 0 unspecified atom stereocenters. The lowest BCUT2D eigenvalue weighted by atomic mass is 10.1. The van der Waals surface area contributed by atoms with Gasteiger partial charge in [0.2, 0.25) is 0 Å². The molecule has 0 saturated carbocycles. The number of rotatable bonds is 6. The van der Waals surface area contributed by atoms with Gasteiger partial charge in [0.15, 0.2) is 9.84 Å². The average Bonchev–Trinajstić information content (AvgIpc) is 2.59. The Hall–Kier alpha value is -1.66. The third kappa shape index (κ3) is 4.24. The number of hydrogen-bond donors (Lipinski definition) is 1. The number of sulfone groups is 1. The molecule has 5 nitrogen and oxygen atoms in total. The predicted molar refractivity (Wildman–Crippen MR) is 99.3 cm³/mol. The van der Waals surface area contributed by atoms with Crippen LogP contribution in [-0.2, 0) is 16.3 Å². The summed E-state index contributed by atoms with van der Waals surface area (Å²) >= 11 is 0. The quantitative estimate of drug-likeness (QED) is 0.813. The molecule has 1 aromatic heterocycles. The van der Waals surface area contributed by atoms with Gasteiger partial charge in [-0.3, -0.25) is 4.98 Å². The van der Waals surface area contributed by atoms with Gasteiger partial charge >= 0.3 is 0 Å². The van der Waals surface area contributed by atoms with Crippen LogP contribution >= 0.6 is 0 Å². The normalized spacial score (nSPS) is 17.9. The van der Waals surface area contributed by atoms with Crippen LogP contribution in [0, 0.1) is 0 Å². The molecule has 0 atom stereocenters. The Morgan fingerprint density at radius 1 is 1.21 bits per heavy atom. The Kier molecular flexibility index (Phi) is 5.36. The van der Waals surface area contributed by atoms with Crippen molar-refractivity contribution in [3.8, 4) is 0 Å². The van der Waals surface area contributed by atoms with E-state index in [0.717, 1.165) is 48.2 Å². The second-order valence-electron chi connectivity index (χ2n) is 6.31. The summed E-state index contributed by atoms with van der Waals surface area (Å²) in [4.78, 5) is 6.91. The first kappa shape index (κ1) is 17.2. The highest BCUT2D eigenvalue weighted by molar-refractivity contribution is 7.91. The third-order valence-corrected chi connectivity index (χ3v) is 6.14. The molecule has 0 radical (unpaired) electrons. The van der Waals surface area contributed by atoms with Crippen LogP contribution in [0.4, 0.5) is 5.69 Å². The lowest BCUT2D eigenvalue weighted by Crippen LogP contribution is -2.41. The van der Waals surface area contributed by atoms with Crippen LogP contribution in [0.5, 0.6) is 0 Å². The largest absolute Gasteiger partial charge is 0.384 e. The van der Waals surface area contributed by atoms with Crippen LogP contribution in [0.1, 0.15) is 19.0 Å². The number of aryl methyl sites for hydroxylation is 1. The highest BCUT2D eigenvalue weighted by atomic mass is 32.2. The van der Waals surface area contributed by atoms with Gasteiger partial charge in [0.25, 0.3) is 0 Å². The molecule has 3 rings (SSSR count). The molecule has 1 aromatic carbocycles. The van der Waals surface area contributed by atoms with Crippen LogP contribution in [0.3, 0.4) is 0 Å². The molecule has 1 aliphatic rings. The van der Waals surface area contributed by atoms with Crippen LogP contribution in [0.15, 0.2) is 30.3 Å². The first-order valence-corrected chi connectivity index (χ1v) is 10.4. The number of nitrogens with one attached hydrogen (secondary N) is 1. The molecule has 1 aliphatic heterocycles. The fourth-order valence-corrected chi connectivity index (χ4v) is 4.33. The van der Waals surface area contributed by atoms with Gasteiger partial charge in [0.05, 0.1) is 17.0 Å². The number of para-hydroxylation sites is 1. The Bertz CT molecular complexity index is 791. The van der Waals surface area contributed by atoms with E-state index in [1.54, 1.807) is 0 Å². The van der Waals surface area contributed by atoms with Gasteiger partial charge in [-0.05, 0) is 31.5 Å². The first-order chi connectivity index (χ1) is 11.6. The average molecular weight is 347 g/mol. The zero-order chi connectivity index (χ0) is 17.0. The minimum absolute atomic E-state index is 0.301. The number of benzene rings is 1. The Morgan fingerprint density at radius 2 is 1.96 bits per heavy atom. The highest BCUT2D eigenvalue weighted by Gasteiger charge is 2.20. The maximum absolute atomic E-state index is 11.5. The summed E-state index contributed by atoms with van der Waals surface area (Å²) in [7, 11) is -2.79. The third-order valence-electron chi connectivity index (χ3n) is 4.54. The Morgan fingerprint density at radius 3 is 2.71 bits per heavy atom. The SMILES string of the molecule is CCc1cc(NCCCN2CCS(=O)(=O)CC2)c2ccccc2n1. The molecule has 0 amide bonds.